The van der Waals surface area contributed by atoms with Crippen molar-refractivity contribution < 1.29 is 14.3 Å². The monoisotopic (exact) mass is 332 g/mol. The number of carbonyl (C=O) groups is 1. The Bertz CT molecular complexity index is 614. The minimum absolute atomic E-state index is 0.110. The van der Waals surface area contributed by atoms with Gasteiger partial charge >= 0.3 is 5.97 Å². The summed E-state index contributed by atoms with van der Waals surface area (Å²) in [6.07, 6.45) is 2.57. The van der Waals surface area contributed by atoms with Crippen molar-refractivity contribution in [3.63, 3.8) is 0 Å². The van der Waals surface area contributed by atoms with E-state index >= 15 is 0 Å². The molecule has 3 heterocycles. The lowest BCUT2D eigenvalue weighted by Crippen LogP contribution is -2.44. The standard InChI is InChI=1S/C19H28N2O3/c1-14-5-6-15-17(20-14)23-13-19(15)8-11-21(12-9-19)10-7-16(22)24-18(2,3)4/h5-6H,7-13H2,1-4H3. The number of hydrogen-bond acceptors (Lipinski definition) is 5. The van der Waals surface area contributed by atoms with Gasteiger partial charge in [-0.1, -0.05) is 6.07 Å². The number of fused-ring (bicyclic) bond motifs is 2. The molecule has 1 fully saturated rings. The number of carbonyl (C=O) groups excluding carboxylic acids is 1. The molecule has 0 unspecified atom stereocenters. The van der Waals surface area contributed by atoms with Gasteiger partial charge in [0.25, 0.3) is 0 Å². The van der Waals surface area contributed by atoms with Crippen molar-refractivity contribution in [2.24, 2.45) is 0 Å². The highest BCUT2D eigenvalue weighted by Crippen LogP contribution is 2.44. The second kappa shape index (κ2) is 6.36. The van der Waals surface area contributed by atoms with E-state index in [4.69, 9.17) is 9.47 Å². The van der Waals surface area contributed by atoms with Crippen LogP contribution in [0, 0.1) is 6.92 Å². The molecule has 5 nitrogen and oxygen atoms in total. The van der Waals surface area contributed by atoms with Crippen molar-refractivity contribution in [1.29, 1.82) is 0 Å². The molecule has 1 spiro atoms. The van der Waals surface area contributed by atoms with Crippen LogP contribution < -0.4 is 4.74 Å². The highest BCUT2D eigenvalue weighted by Gasteiger charge is 2.43. The first-order chi connectivity index (χ1) is 11.3. The predicted molar refractivity (Wildman–Crippen MR) is 92.3 cm³/mol. The van der Waals surface area contributed by atoms with Crippen LogP contribution >= 0.6 is 0 Å². The van der Waals surface area contributed by atoms with Crippen molar-refractivity contribution in [3.05, 3.63) is 23.4 Å². The minimum atomic E-state index is -0.404. The zero-order valence-corrected chi connectivity index (χ0v) is 15.2. The minimum Gasteiger partial charge on any atom is -0.476 e. The van der Waals surface area contributed by atoms with E-state index in [0.717, 1.165) is 50.7 Å². The van der Waals surface area contributed by atoms with Crippen molar-refractivity contribution in [3.8, 4) is 5.88 Å². The lowest BCUT2D eigenvalue weighted by atomic mass is 9.75. The van der Waals surface area contributed by atoms with Gasteiger partial charge in [-0.2, -0.15) is 0 Å². The number of aryl methyl sites for hydroxylation is 1. The number of esters is 1. The van der Waals surface area contributed by atoms with E-state index in [9.17, 15) is 4.79 Å². The molecule has 24 heavy (non-hydrogen) atoms. The van der Waals surface area contributed by atoms with Crippen LogP contribution in [-0.4, -0.2) is 47.7 Å². The molecule has 0 aliphatic carbocycles. The summed E-state index contributed by atoms with van der Waals surface area (Å²) in [5.41, 5.74) is 1.97. The molecule has 0 bridgehead atoms. The maximum Gasteiger partial charge on any atom is 0.307 e. The zero-order valence-electron chi connectivity index (χ0n) is 15.2. The smallest absolute Gasteiger partial charge is 0.307 e. The van der Waals surface area contributed by atoms with Gasteiger partial charge in [-0.05, 0) is 59.7 Å². The molecular formula is C19H28N2O3. The Balaban J connectivity index is 1.53. The van der Waals surface area contributed by atoms with Gasteiger partial charge in [0, 0.05) is 23.2 Å². The molecule has 0 N–H and O–H groups in total. The molecule has 0 atom stereocenters. The summed E-state index contributed by atoms with van der Waals surface area (Å²) in [6, 6.07) is 4.26. The maximum atomic E-state index is 11.9. The van der Waals surface area contributed by atoms with Gasteiger partial charge in [0.05, 0.1) is 13.0 Å². The Morgan fingerprint density at radius 3 is 2.71 bits per heavy atom. The third-order valence-electron chi connectivity index (χ3n) is 4.92. The number of nitrogens with zero attached hydrogens (tertiary/aromatic N) is 2. The number of pyridine rings is 1. The van der Waals surface area contributed by atoms with Crippen molar-refractivity contribution in [1.82, 2.24) is 9.88 Å². The van der Waals surface area contributed by atoms with E-state index in [2.05, 4.69) is 22.0 Å². The Morgan fingerprint density at radius 2 is 2.04 bits per heavy atom. The Hall–Kier alpha value is -1.62. The zero-order chi connectivity index (χ0) is 17.4. The largest absolute Gasteiger partial charge is 0.476 e. The van der Waals surface area contributed by atoms with Crippen LogP contribution in [0.1, 0.15) is 51.3 Å². The summed E-state index contributed by atoms with van der Waals surface area (Å²) >= 11 is 0. The van der Waals surface area contributed by atoms with Crippen molar-refractivity contribution >= 4 is 5.97 Å². The van der Waals surface area contributed by atoms with Gasteiger partial charge in [0.2, 0.25) is 5.88 Å². The van der Waals surface area contributed by atoms with Crippen LogP contribution in [0.15, 0.2) is 12.1 Å². The van der Waals surface area contributed by atoms with Gasteiger partial charge in [-0.25, -0.2) is 4.98 Å². The summed E-state index contributed by atoms with van der Waals surface area (Å²) in [6.45, 7) is 11.2. The second-order valence-corrected chi connectivity index (χ2v) is 8.05. The van der Waals surface area contributed by atoms with E-state index in [0.29, 0.717) is 6.42 Å². The van der Waals surface area contributed by atoms with Crippen LogP contribution in [0.25, 0.3) is 0 Å². The van der Waals surface area contributed by atoms with Gasteiger partial charge in [0.15, 0.2) is 0 Å². The fourth-order valence-corrected chi connectivity index (χ4v) is 3.59. The lowest BCUT2D eigenvalue weighted by Gasteiger charge is -2.38. The molecular weight excluding hydrogens is 304 g/mol. The molecule has 2 aliphatic heterocycles. The van der Waals surface area contributed by atoms with Crippen molar-refractivity contribution in [2.45, 2.75) is 58.0 Å². The third kappa shape index (κ3) is 3.72. The molecule has 5 heteroatoms. The second-order valence-electron chi connectivity index (χ2n) is 8.05. The van der Waals surface area contributed by atoms with E-state index in [-0.39, 0.29) is 11.4 Å². The quantitative estimate of drug-likeness (QED) is 0.797. The molecule has 0 saturated carbocycles. The number of rotatable bonds is 3. The summed E-state index contributed by atoms with van der Waals surface area (Å²) in [5.74, 6) is 0.703. The first kappa shape index (κ1) is 17.2. The highest BCUT2D eigenvalue weighted by atomic mass is 16.6. The van der Waals surface area contributed by atoms with Crippen molar-refractivity contribution in [2.75, 3.05) is 26.2 Å². The summed E-state index contributed by atoms with van der Waals surface area (Å²) in [5, 5.41) is 0. The van der Waals surface area contributed by atoms with Crippen LogP contribution in [-0.2, 0) is 14.9 Å². The molecule has 2 aliphatic rings. The molecule has 1 aromatic heterocycles. The van der Waals surface area contributed by atoms with Crippen LogP contribution in [0.3, 0.4) is 0 Å². The van der Waals surface area contributed by atoms with Gasteiger partial charge in [-0.3, -0.25) is 4.79 Å². The van der Waals surface area contributed by atoms with E-state index in [1.54, 1.807) is 0 Å². The Kier molecular flexibility index (Phi) is 4.56. The molecule has 0 radical (unpaired) electrons. The van der Waals surface area contributed by atoms with Crippen LogP contribution in [0.2, 0.25) is 0 Å². The first-order valence-electron chi connectivity index (χ1n) is 8.83. The number of aromatic nitrogens is 1. The molecule has 0 aromatic carbocycles. The fourth-order valence-electron chi connectivity index (χ4n) is 3.59. The predicted octanol–water partition coefficient (Wildman–Crippen LogP) is 2.85. The summed E-state index contributed by atoms with van der Waals surface area (Å²) in [4.78, 5) is 18.7. The molecule has 3 rings (SSSR count). The third-order valence-corrected chi connectivity index (χ3v) is 4.92. The van der Waals surface area contributed by atoms with Crippen LogP contribution in [0.4, 0.5) is 0 Å². The normalized spacial score (nSPS) is 19.8. The number of ether oxygens (including phenoxy) is 2. The van der Waals surface area contributed by atoms with E-state index in [1.807, 2.05) is 27.7 Å². The first-order valence-corrected chi connectivity index (χ1v) is 8.83. The fraction of sp³-hybridized carbons (Fsp3) is 0.684. The Labute approximate surface area is 144 Å². The van der Waals surface area contributed by atoms with E-state index < -0.39 is 5.60 Å². The SMILES string of the molecule is Cc1ccc2c(n1)OCC21CCN(CCC(=O)OC(C)(C)C)CC1. The Morgan fingerprint density at radius 1 is 1.33 bits per heavy atom. The summed E-state index contributed by atoms with van der Waals surface area (Å²) < 4.78 is 11.2. The number of hydrogen-bond donors (Lipinski definition) is 0. The molecule has 132 valence electrons. The van der Waals surface area contributed by atoms with Gasteiger partial charge in [0.1, 0.15) is 5.60 Å². The maximum absolute atomic E-state index is 11.9. The molecule has 1 saturated heterocycles. The van der Waals surface area contributed by atoms with Gasteiger partial charge < -0.3 is 14.4 Å². The number of piperidine rings is 1. The summed E-state index contributed by atoms with van der Waals surface area (Å²) in [7, 11) is 0. The van der Waals surface area contributed by atoms with Gasteiger partial charge in [-0.15, -0.1) is 0 Å². The molecule has 0 amide bonds. The van der Waals surface area contributed by atoms with Crippen LogP contribution in [0.5, 0.6) is 5.88 Å². The lowest BCUT2D eigenvalue weighted by molar-refractivity contribution is -0.155. The topological polar surface area (TPSA) is 51.7 Å². The average molecular weight is 332 g/mol. The highest BCUT2D eigenvalue weighted by molar-refractivity contribution is 5.70. The average Bonchev–Trinajstić information content (AvgIpc) is 2.83. The van der Waals surface area contributed by atoms with E-state index in [1.165, 1.54) is 5.56 Å². The number of likely N-dealkylation sites (tertiary alicyclic amines) is 1. The molecule has 1 aromatic rings.